The monoisotopic (exact) mass is 204 g/mol. The van der Waals surface area contributed by atoms with Gasteiger partial charge in [-0.25, -0.2) is 0 Å². The van der Waals surface area contributed by atoms with Gasteiger partial charge in [-0.05, 0) is 19.1 Å². The summed E-state index contributed by atoms with van der Waals surface area (Å²) in [6.45, 7) is 1.91. The van der Waals surface area contributed by atoms with E-state index in [1.807, 2.05) is 19.1 Å². The molecular weight excluding hydrogens is 192 g/mol. The van der Waals surface area contributed by atoms with Crippen LogP contribution in [0.2, 0.25) is 0 Å². The zero-order valence-electron chi connectivity index (χ0n) is 8.42. The van der Waals surface area contributed by atoms with Gasteiger partial charge < -0.3 is 10.3 Å². The number of nitrogens with two attached hydrogens (primary N) is 1. The Balaban J connectivity index is 2.21. The van der Waals surface area contributed by atoms with Crippen molar-refractivity contribution in [1.29, 1.82) is 0 Å². The second kappa shape index (κ2) is 4.18. The van der Waals surface area contributed by atoms with Gasteiger partial charge in [0.15, 0.2) is 5.82 Å². The van der Waals surface area contributed by atoms with E-state index in [0.29, 0.717) is 18.1 Å². The molecule has 0 saturated carbocycles. The maximum Gasteiger partial charge on any atom is 0.258 e. The third-order valence-electron chi connectivity index (χ3n) is 1.90. The molecular formula is C10H12N4O. The second-order valence-electron chi connectivity index (χ2n) is 3.43. The van der Waals surface area contributed by atoms with Crippen molar-refractivity contribution in [3.63, 3.8) is 0 Å². The molecule has 2 N–H and O–H groups in total. The molecule has 1 atom stereocenters. The minimum absolute atomic E-state index is 0.0351. The highest BCUT2D eigenvalue weighted by molar-refractivity contribution is 5.50. The van der Waals surface area contributed by atoms with Crippen molar-refractivity contribution in [2.75, 3.05) is 0 Å². The SMILES string of the molecule is CC(N)Cc1noc(-c2ccncc2)n1. The van der Waals surface area contributed by atoms with Crippen molar-refractivity contribution >= 4 is 0 Å². The summed E-state index contributed by atoms with van der Waals surface area (Å²) in [5.74, 6) is 1.14. The van der Waals surface area contributed by atoms with E-state index in [0.717, 1.165) is 5.56 Å². The lowest BCUT2D eigenvalue weighted by molar-refractivity contribution is 0.420. The van der Waals surface area contributed by atoms with Gasteiger partial charge in [0, 0.05) is 30.4 Å². The highest BCUT2D eigenvalue weighted by atomic mass is 16.5. The molecule has 0 aliphatic carbocycles. The Hall–Kier alpha value is -1.75. The summed E-state index contributed by atoms with van der Waals surface area (Å²) >= 11 is 0. The van der Waals surface area contributed by atoms with Crippen LogP contribution >= 0.6 is 0 Å². The van der Waals surface area contributed by atoms with E-state index in [4.69, 9.17) is 10.3 Å². The summed E-state index contributed by atoms with van der Waals surface area (Å²) in [6, 6.07) is 3.68. The van der Waals surface area contributed by atoms with Crippen molar-refractivity contribution in [2.45, 2.75) is 19.4 Å². The smallest absolute Gasteiger partial charge is 0.258 e. The lowest BCUT2D eigenvalue weighted by Gasteiger charge is -1.96. The van der Waals surface area contributed by atoms with Gasteiger partial charge in [-0.1, -0.05) is 5.16 Å². The summed E-state index contributed by atoms with van der Waals surface area (Å²) in [7, 11) is 0. The molecule has 2 heterocycles. The number of nitrogens with zero attached hydrogens (tertiary/aromatic N) is 3. The number of hydrogen-bond donors (Lipinski definition) is 1. The van der Waals surface area contributed by atoms with Crippen LogP contribution in [0.15, 0.2) is 29.0 Å². The molecule has 0 amide bonds. The van der Waals surface area contributed by atoms with Crippen LogP contribution in [-0.4, -0.2) is 21.2 Å². The van der Waals surface area contributed by atoms with E-state index >= 15 is 0 Å². The molecule has 1 unspecified atom stereocenters. The highest BCUT2D eigenvalue weighted by Gasteiger charge is 2.09. The fraction of sp³-hybridized carbons (Fsp3) is 0.300. The van der Waals surface area contributed by atoms with Crippen LogP contribution in [0.5, 0.6) is 0 Å². The van der Waals surface area contributed by atoms with Gasteiger partial charge in [-0.3, -0.25) is 4.98 Å². The molecule has 2 aromatic heterocycles. The molecule has 0 aliphatic heterocycles. The van der Waals surface area contributed by atoms with Crippen LogP contribution < -0.4 is 5.73 Å². The average Bonchev–Trinajstić information content (AvgIpc) is 2.67. The Morgan fingerprint density at radius 1 is 1.40 bits per heavy atom. The number of aromatic nitrogens is 3. The molecule has 78 valence electrons. The van der Waals surface area contributed by atoms with Crippen LogP contribution in [0.25, 0.3) is 11.5 Å². The summed E-state index contributed by atoms with van der Waals surface area (Å²) in [6.07, 6.45) is 3.99. The number of hydrogen-bond acceptors (Lipinski definition) is 5. The van der Waals surface area contributed by atoms with Crippen LogP contribution in [-0.2, 0) is 6.42 Å². The van der Waals surface area contributed by atoms with E-state index < -0.39 is 0 Å². The quantitative estimate of drug-likeness (QED) is 0.807. The van der Waals surface area contributed by atoms with E-state index in [-0.39, 0.29) is 6.04 Å². The Kier molecular flexibility index (Phi) is 2.73. The van der Waals surface area contributed by atoms with Gasteiger partial charge in [0.25, 0.3) is 5.89 Å². The van der Waals surface area contributed by atoms with Crippen LogP contribution in [0, 0.1) is 0 Å². The molecule has 2 aromatic rings. The normalized spacial score (nSPS) is 12.7. The predicted octanol–water partition coefficient (Wildman–Crippen LogP) is 1.02. The first-order valence-electron chi connectivity index (χ1n) is 4.74. The van der Waals surface area contributed by atoms with Gasteiger partial charge in [-0.2, -0.15) is 4.98 Å². The second-order valence-corrected chi connectivity index (χ2v) is 3.43. The largest absolute Gasteiger partial charge is 0.334 e. The minimum atomic E-state index is 0.0351. The first-order chi connectivity index (χ1) is 7.25. The van der Waals surface area contributed by atoms with Gasteiger partial charge in [0.05, 0.1) is 0 Å². The molecule has 0 radical (unpaired) electrons. The van der Waals surface area contributed by atoms with E-state index in [2.05, 4.69) is 15.1 Å². The molecule has 0 bridgehead atoms. The van der Waals surface area contributed by atoms with Crippen molar-refractivity contribution in [2.24, 2.45) is 5.73 Å². The molecule has 2 rings (SSSR count). The summed E-state index contributed by atoms with van der Waals surface area (Å²) in [4.78, 5) is 8.15. The van der Waals surface area contributed by atoms with Crippen molar-refractivity contribution in [3.05, 3.63) is 30.4 Å². The molecule has 0 spiro atoms. The minimum Gasteiger partial charge on any atom is -0.334 e. The van der Waals surface area contributed by atoms with Crippen LogP contribution in [0.1, 0.15) is 12.7 Å². The third-order valence-corrected chi connectivity index (χ3v) is 1.90. The fourth-order valence-electron chi connectivity index (χ4n) is 1.24. The molecule has 5 nitrogen and oxygen atoms in total. The summed E-state index contributed by atoms with van der Waals surface area (Å²) < 4.78 is 5.11. The molecule has 0 fully saturated rings. The zero-order chi connectivity index (χ0) is 10.7. The van der Waals surface area contributed by atoms with Crippen molar-refractivity contribution < 1.29 is 4.52 Å². The Morgan fingerprint density at radius 3 is 2.80 bits per heavy atom. The van der Waals surface area contributed by atoms with Crippen LogP contribution in [0.4, 0.5) is 0 Å². The Morgan fingerprint density at radius 2 is 2.13 bits per heavy atom. The lowest BCUT2D eigenvalue weighted by atomic mass is 10.2. The highest BCUT2D eigenvalue weighted by Crippen LogP contribution is 2.15. The third kappa shape index (κ3) is 2.38. The van der Waals surface area contributed by atoms with Gasteiger partial charge in [-0.15, -0.1) is 0 Å². The van der Waals surface area contributed by atoms with E-state index in [9.17, 15) is 0 Å². The first-order valence-corrected chi connectivity index (χ1v) is 4.74. The average molecular weight is 204 g/mol. The Labute approximate surface area is 87.3 Å². The maximum absolute atomic E-state index is 5.64. The van der Waals surface area contributed by atoms with Crippen molar-refractivity contribution in [1.82, 2.24) is 15.1 Å². The fourth-order valence-corrected chi connectivity index (χ4v) is 1.24. The van der Waals surface area contributed by atoms with Crippen LogP contribution in [0.3, 0.4) is 0 Å². The standard InChI is InChI=1S/C10H12N4O/c1-7(11)6-9-13-10(15-14-9)8-2-4-12-5-3-8/h2-5,7H,6,11H2,1H3. The summed E-state index contributed by atoms with van der Waals surface area (Å²) in [5.41, 5.74) is 6.51. The van der Waals surface area contributed by atoms with E-state index in [1.165, 1.54) is 0 Å². The van der Waals surface area contributed by atoms with Gasteiger partial charge in [0.2, 0.25) is 0 Å². The molecule has 0 aromatic carbocycles. The topological polar surface area (TPSA) is 77.8 Å². The number of rotatable bonds is 3. The molecule has 5 heteroatoms. The lowest BCUT2D eigenvalue weighted by Crippen LogP contribution is -2.18. The zero-order valence-corrected chi connectivity index (χ0v) is 8.42. The first kappa shape index (κ1) is 9.79. The molecule has 15 heavy (non-hydrogen) atoms. The number of pyridine rings is 1. The Bertz CT molecular complexity index is 424. The predicted molar refractivity (Wildman–Crippen MR) is 54.9 cm³/mol. The maximum atomic E-state index is 5.64. The van der Waals surface area contributed by atoms with Crippen molar-refractivity contribution in [3.8, 4) is 11.5 Å². The van der Waals surface area contributed by atoms with Gasteiger partial charge >= 0.3 is 0 Å². The van der Waals surface area contributed by atoms with Gasteiger partial charge in [0.1, 0.15) is 0 Å². The summed E-state index contributed by atoms with van der Waals surface area (Å²) in [5, 5.41) is 3.85. The molecule has 0 saturated heterocycles. The van der Waals surface area contributed by atoms with E-state index in [1.54, 1.807) is 12.4 Å². The molecule has 0 aliphatic rings.